The maximum atomic E-state index is 13.0. The molecule has 1 aromatic carbocycles. The Bertz CT molecular complexity index is 324. The SMILES string of the molecule is Cl.NC[C@H](N)c1cc(Br)cc(F)c1O. The Labute approximate surface area is 95.8 Å². The summed E-state index contributed by atoms with van der Waals surface area (Å²) in [7, 11) is 0. The Balaban J connectivity index is 0.00000169. The third-order valence-electron chi connectivity index (χ3n) is 1.71. The van der Waals surface area contributed by atoms with Crippen molar-refractivity contribution in [3.8, 4) is 5.75 Å². The molecular weight excluding hydrogens is 274 g/mol. The van der Waals surface area contributed by atoms with Gasteiger partial charge in [-0.3, -0.25) is 0 Å². The third kappa shape index (κ3) is 2.81. The summed E-state index contributed by atoms with van der Waals surface area (Å²) in [4.78, 5) is 0. The highest BCUT2D eigenvalue weighted by Gasteiger charge is 2.13. The minimum absolute atomic E-state index is 0. The number of halogens is 3. The van der Waals surface area contributed by atoms with Crippen molar-refractivity contribution in [2.24, 2.45) is 11.5 Å². The average Bonchev–Trinajstić information content (AvgIpc) is 2.10. The normalized spacial score (nSPS) is 12.0. The first-order valence-corrected chi connectivity index (χ1v) is 4.49. The van der Waals surface area contributed by atoms with Crippen molar-refractivity contribution < 1.29 is 9.50 Å². The Morgan fingerprint density at radius 2 is 2.07 bits per heavy atom. The second kappa shape index (κ2) is 5.50. The summed E-state index contributed by atoms with van der Waals surface area (Å²) < 4.78 is 13.5. The first kappa shape index (κ1) is 13.6. The third-order valence-corrected chi connectivity index (χ3v) is 2.17. The molecule has 0 aromatic heterocycles. The fourth-order valence-electron chi connectivity index (χ4n) is 0.996. The molecule has 0 saturated heterocycles. The molecule has 80 valence electrons. The minimum Gasteiger partial charge on any atom is -0.505 e. The minimum atomic E-state index is -0.701. The van der Waals surface area contributed by atoms with Gasteiger partial charge in [0.25, 0.3) is 0 Å². The Morgan fingerprint density at radius 3 is 2.57 bits per heavy atom. The van der Waals surface area contributed by atoms with Crippen LogP contribution in [-0.4, -0.2) is 11.7 Å². The molecule has 0 aliphatic carbocycles. The summed E-state index contributed by atoms with van der Waals surface area (Å²) >= 11 is 3.10. The zero-order valence-corrected chi connectivity index (χ0v) is 9.61. The smallest absolute Gasteiger partial charge is 0.166 e. The van der Waals surface area contributed by atoms with Crippen LogP contribution in [0.3, 0.4) is 0 Å². The fraction of sp³-hybridized carbons (Fsp3) is 0.250. The van der Waals surface area contributed by atoms with Crippen molar-refractivity contribution in [1.29, 1.82) is 0 Å². The van der Waals surface area contributed by atoms with Crippen LogP contribution in [0, 0.1) is 5.82 Å². The summed E-state index contributed by atoms with van der Waals surface area (Å²) in [5, 5.41) is 9.29. The van der Waals surface area contributed by atoms with Crippen LogP contribution >= 0.6 is 28.3 Å². The van der Waals surface area contributed by atoms with Crippen molar-refractivity contribution in [2.75, 3.05) is 6.54 Å². The Kier molecular flexibility index (Phi) is 5.36. The van der Waals surface area contributed by atoms with Gasteiger partial charge in [-0.15, -0.1) is 12.4 Å². The van der Waals surface area contributed by atoms with Gasteiger partial charge < -0.3 is 16.6 Å². The monoisotopic (exact) mass is 284 g/mol. The molecule has 0 fully saturated rings. The largest absolute Gasteiger partial charge is 0.505 e. The molecule has 1 atom stereocenters. The molecule has 0 spiro atoms. The first-order valence-electron chi connectivity index (χ1n) is 3.69. The van der Waals surface area contributed by atoms with Crippen molar-refractivity contribution in [2.45, 2.75) is 6.04 Å². The predicted octanol–water partition coefficient (Wildman–Crippen LogP) is 1.67. The van der Waals surface area contributed by atoms with Crippen molar-refractivity contribution in [3.05, 3.63) is 28.0 Å². The highest BCUT2D eigenvalue weighted by Crippen LogP contribution is 2.29. The molecule has 5 N–H and O–H groups in total. The molecule has 14 heavy (non-hydrogen) atoms. The van der Waals surface area contributed by atoms with E-state index in [4.69, 9.17) is 11.5 Å². The van der Waals surface area contributed by atoms with Gasteiger partial charge in [-0.05, 0) is 12.1 Å². The lowest BCUT2D eigenvalue weighted by molar-refractivity contribution is 0.420. The molecule has 0 radical (unpaired) electrons. The average molecular weight is 286 g/mol. The second-order valence-corrected chi connectivity index (χ2v) is 3.58. The van der Waals surface area contributed by atoms with Gasteiger partial charge in [0.15, 0.2) is 11.6 Å². The van der Waals surface area contributed by atoms with Gasteiger partial charge in [0.1, 0.15) is 0 Å². The highest BCUT2D eigenvalue weighted by molar-refractivity contribution is 9.10. The summed E-state index contributed by atoms with van der Waals surface area (Å²) in [6, 6.07) is 2.17. The molecule has 0 bridgehead atoms. The lowest BCUT2D eigenvalue weighted by Gasteiger charge is -2.11. The zero-order valence-electron chi connectivity index (χ0n) is 7.21. The predicted molar refractivity (Wildman–Crippen MR) is 59.0 cm³/mol. The molecule has 0 heterocycles. The van der Waals surface area contributed by atoms with Crippen molar-refractivity contribution in [3.63, 3.8) is 0 Å². The van der Waals surface area contributed by atoms with Crippen LogP contribution in [0.15, 0.2) is 16.6 Å². The molecule has 1 rings (SSSR count). The number of rotatable bonds is 2. The van der Waals surface area contributed by atoms with Crippen LogP contribution in [0.1, 0.15) is 11.6 Å². The van der Waals surface area contributed by atoms with Crippen LogP contribution in [0.5, 0.6) is 5.75 Å². The van der Waals surface area contributed by atoms with Crippen LogP contribution < -0.4 is 11.5 Å². The van der Waals surface area contributed by atoms with Gasteiger partial charge in [-0.25, -0.2) is 4.39 Å². The van der Waals surface area contributed by atoms with E-state index in [1.54, 1.807) is 6.07 Å². The van der Waals surface area contributed by atoms with Gasteiger partial charge in [-0.1, -0.05) is 15.9 Å². The number of aromatic hydroxyl groups is 1. The number of phenols is 1. The van der Waals surface area contributed by atoms with Gasteiger partial charge in [0.05, 0.1) is 0 Å². The van der Waals surface area contributed by atoms with E-state index in [9.17, 15) is 9.50 Å². The maximum Gasteiger partial charge on any atom is 0.166 e. The van der Waals surface area contributed by atoms with Crippen LogP contribution in [0.4, 0.5) is 4.39 Å². The topological polar surface area (TPSA) is 72.3 Å². The molecule has 6 heteroatoms. The van der Waals surface area contributed by atoms with Crippen molar-refractivity contribution in [1.82, 2.24) is 0 Å². The summed E-state index contributed by atoms with van der Waals surface area (Å²) in [6.45, 7) is 0.156. The lowest BCUT2D eigenvalue weighted by atomic mass is 10.1. The van der Waals surface area contributed by atoms with E-state index in [2.05, 4.69) is 15.9 Å². The number of benzene rings is 1. The van der Waals surface area contributed by atoms with E-state index in [1.165, 1.54) is 6.07 Å². The van der Waals surface area contributed by atoms with E-state index in [-0.39, 0.29) is 19.0 Å². The van der Waals surface area contributed by atoms with Crippen LogP contribution in [-0.2, 0) is 0 Å². The second-order valence-electron chi connectivity index (χ2n) is 2.67. The summed E-state index contributed by atoms with van der Waals surface area (Å²) in [6.07, 6.45) is 0. The molecule has 3 nitrogen and oxygen atoms in total. The standard InChI is InChI=1S/C8H10BrFN2O.ClH/c9-4-1-5(7(12)3-11)8(13)6(10)2-4;/h1-2,7,13H,3,11-12H2;1H/t7-;/m0./s1. The number of phenolic OH excluding ortho intramolecular Hbond substituents is 1. The van der Waals surface area contributed by atoms with E-state index < -0.39 is 17.6 Å². The molecule has 1 aromatic rings. The molecule has 0 aliphatic heterocycles. The molecular formula is C8H11BrClFN2O. The quantitative estimate of drug-likeness (QED) is 0.774. The van der Waals surface area contributed by atoms with Gasteiger partial charge in [0, 0.05) is 22.6 Å². The lowest BCUT2D eigenvalue weighted by Crippen LogP contribution is -2.21. The number of hydrogen-bond acceptors (Lipinski definition) is 3. The Hall–Kier alpha value is -0.360. The number of nitrogens with two attached hydrogens (primary N) is 2. The van der Waals surface area contributed by atoms with Gasteiger partial charge in [-0.2, -0.15) is 0 Å². The van der Waals surface area contributed by atoms with E-state index in [0.717, 1.165) is 0 Å². The first-order chi connectivity index (χ1) is 6.06. The molecule has 0 saturated carbocycles. The highest BCUT2D eigenvalue weighted by atomic mass is 79.9. The number of hydrogen-bond donors (Lipinski definition) is 3. The summed E-state index contributed by atoms with van der Waals surface area (Å²) in [5.74, 6) is -1.13. The molecule has 0 unspecified atom stereocenters. The zero-order chi connectivity index (χ0) is 10.0. The summed E-state index contributed by atoms with van der Waals surface area (Å²) in [5.41, 5.74) is 11.2. The van der Waals surface area contributed by atoms with Gasteiger partial charge in [0.2, 0.25) is 0 Å². The van der Waals surface area contributed by atoms with E-state index >= 15 is 0 Å². The van der Waals surface area contributed by atoms with E-state index in [0.29, 0.717) is 10.0 Å². The van der Waals surface area contributed by atoms with Gasteiger partial charge >= 0.3 is 0 Å². The Morgan fingerprint density at radius 1 is 1.50 bits per heavy atom. The molecule has 0 aliphatic rings. The van der Waals surface area contributed by atoms with Crippen LogP contribution in [0.25, 0.3) is 0 Å². The van der Waals surface area contributed by atoms with Crippen molar-refractivity contribution >= 4 is 28.3 Å². The van der Waals surface area contributed by atoms with Crippen LogP contribution in [0.2, 0.25) is 0 Å². The fourth-order valence-corrected chi connectivity index (χ4v) is 1.44. The maximum absolute atomic E-state index is 13.0. The van der Waals surface area contributed by atoms with E-state index in [1.807, 2.05) is 0 Å². The molecule has 0 amide bonds.